The Balaban J connectivity index is 2.06. The Morgan fingerprint density at radius 1 is 0.912 bits per heavy atom. The van der Waals surface area contributed by atoms with Gasteiger partial charge in [-0.3, -0.25) is 5.32 Å². The Labute approximate surface area is 201 Å². The first-order valence-electron chi connectivity index (χ1n) is 11.3. The average molecular weight is 471 g/mol. The third-order valence-electron chi connectivity index (χ3n) is 5.45. The Hall–Kier alpha value is -2.72. The van der Waals surface area contributed by atoms with Crippen LogP contribution in [-0.4, -0.2) is 51.6 Å². The molecule has 0 atom stereocenters. The number of carbonyl (C=O) groups excluding carboxylic acids is 2. The number of fused-ring (bicyclic) bond motifs is 1. The minimum Gasteiger partial charge on any atom is -0.454 e. The normalized spacial score (nSPS) is 17.5. The molecule has 1 fully saturated rings. The molecule has 2 heterocycles. The van der Waals surface area contributed by atoms with Crippen LogP contribution in [0.25, 0.3) is 10.9 Å². The highest BCUT2D eigenvalue weighted by Crippen LogP contribution is 2.36. The number of ether oxygens (including phenoxy) is 2. The molecular weight excluding hydrogens is 437 g/mol. The molecule has 1 N–H and O–H groups in total. The molecule has 34 heavy (non-hydrogen) atoms. The molecule has 3 rings (SSSR count). The summed E-state index contributed by atoms with van der Waals surface area (Å²) in [4.78, 5) is 33.9. The maximum atomic E-state index is 12.7. The third-order valence-corrected chi connectivity index (χ3v) is 5.45. The van der Waals surface area contributed by atoms with Gasteiger partial charge in [-0.05, 0) is 86.8 Å². The number of esters is 1. The largest absolute Gasteiger partial charge is 0.494 e. The molecule has 1 amide bonds. The summed E-state index contributed by atoms with van der Waals surface area (Å²) in [5.74, 6) is -0.744. The van der Waals surface area contributed by atoms with Gasteiger partial charge in [0, 0.05) is 5.39 Å². The predicted octanol–water partition coefficient (Wildman–Crippen LogP) is 4.23. The molecule has 1 aromatic carbocycles. The van der Waals surface area contributed by atoms with E-state index in [1.807, 2.05) is 33.8 Å². The van der Waals surface area contributed by atoms with Gasteiger partial charge < -0.3 is 18.8 Å². The lowest BCUT2D eigenvalue weighted by Crippen LogP contribution is -2.41. The molecule has 184 valence electrons. The summed E-state index contributed by atoms with van der Waals surface area (Å²) in [6, 6.07) is 5.32. The minimum absolute atomic E-state index is 0.124. The summed E-state index contributed by atoms with van der Waals surface area (Å²) in [6.07, 6.45) is -0.705. The molecule has 1 aliphatic rings. The van der Waals surface area contributed by atoms with Crippen molar-refractivity contribution in [1.82, 2.24) is 9.97 Å². The van der Waals surface area contributed by atoms with Crippen molar-refractivity contribution in [3.8, 4) is 0 Å². The summed E-state index contributed by atoms with van der Waals surface area (Å²) >= 11 is 0. The van der Waals surface area contributed by atoms with E-state index in [1.165, 1.54) is 0 Å². The van der Waals surface area contributed by atoms with Crippen LogP contribution < -0.4 is 10.8 Å². The summed E-state index contributed by atoms with van der Waals surface area (Å²) in [7, 11) is -0.616. The van der Waals surface area contributed by atoms with E-state index in [0.717, 1.165) is 5.46 Å². The van der Waals surface area contributed by atoms with Gasteiger partial charge in [0.2, 0.25) is 5.82 Å². The van der Waals surface area contributed by atoms with E-state index in [4.69, 9.17) is 18.8 Å². The highest BCUT2D eigenvalue weighted by Gasteiger charge is 2.51. The number of amides is 1. The molecule has 1 aromatic heterocycles. The molecule has 1 saturated heterocycles. The maximum Gasteiger partial charge on any atom is 0.494 e. The van der Waals surface area contributed by atoms with Crippen molar-refractivity contribution in [3.63, 3.8) is 0 Å². The Bertz CT molecular complexity index is 1100. The van der Waals surface area contributed by atoms with Crippen molar-refractivity contribution in [2.45, 2.75) is 91.6 Å². The van der Waals surface area contributed by atoms with Crippen LogP contribution in [0, 0.1) is 0 Å². The molecule has 0 aliphatic carbocycles. The molecular formula is C24H34BN3O6. The van der Waals surface area contributed by atoms with E-state index in [2.05, 4.69) is 15.3 Å². The van der Waals surface area contributed by atoms with E-state index in [1.54, 1.807) is 53.7 Å². The molecule has 0 spiro atoms. The second-order valence-corrected chi connectivity index (χ2v) is 11.4. The van der Waals surface area contributed by atoms with E-state index in [0.29, 0.717) is 10.9 Å². The number of nitrogens with one attached hydrogen (secondary N) is 1. The van der Waals surface area contributed by atoms with Crippen LogP contribution in [0.2, 0.25) is 0 Å². The molecule has 10 heteroatoms. The number of hydrogen-bond acceptors (Lipinski definition) is 8. The fourth-order valence-electron chi connectivity index (χ4n) is 3.18. The first kappa shape index (κ1) is 25.9. The Morgan fingerprint density at radius 2 is 1.47 bits per heavy atom. The van der Waals surface area contributed by atoms with Crippen LogP contribution >= 0.6 is 0 Å². The number of carbonyl (C=O) groups is 2. The van der Waals surface area contributed by atoms with Gasteiger partial charge in [0.15, 0.2) is 0 Å². The van der Waals surface area contributed by atoms with Gasteiger partial charge in [-0.2, -0.15) is 0 Å². The molecule has 0 bridgehead atoms. The van der Waals surface area contributed by atoms with Crippen LogP contribution in [0.3, 0.4) is 0 Å². The van der Waals surface area contributed by atoms with Crippen LogP contribution in [0.1, 0.15) is 79.9 Å². The van der Waals surface area contributed by atoms with Gasteiger partial charge in [-0.1, -0.05) is 6.07 Å². The van der Waals surface area contributed by atoms with E-state index in [-0.39, 0.29) is 11.6 Å². The number of aromatic nitrogens is 2. The highest BCUT2D eigenvalue weighted by atomic mass is 16.7. The van der Waals surface area contributed by atoms with Gasteiger partial charge in [-0.15, -0.1) is 0 Å². The first-order valence-corrected chi connectivity index (χ1v) is 11.3. The molecule has 9 nitrogen and oxygen atoms in total. The Kier molecular flexibility index (Phi) is 6.47. The number of nitrogens with zero attached hydrogens (tertiary/aromatic N) is 2. The van der Waals surface area contributed by atoms with E-state index >= 15 is 0 Å². The van der Waals surface area contributed by atoms with Crippen molar-refractivity contribution in [2.24, 2.45) is 0 Å². The molecule has 0 unspecified atom stereocenters. The van der Waals surface area contributed by atoms with Crippen LogP contribution in [-0.2, 0) is 18.8 Å². The zero-order valence-corrected chi connectivity index (χ0v) is 21.7. The van der Waals surface area contributed by atoms with Crippen LogP contribution in [0.5, 0.6) is 0 Å². The van der Waals surface area contributed by atoms with Gasteiger partial charge in [-0.25, -0.2) is 19.6 Å². The summed E-state index contributed by atoms with van der Waals surface area (Å²) in [6.45, 7) is 18.4. The first-order chi connectivity index (χ1) is 15.4. The maximum absolute atomic E-state index is 12.7. The van der Waals surface area contributed by atoms with Crippen molar-refractivity contribution in [2.75, 3.05) is 5.32 Å². The van der Waals surface area contributed by atoms with Gasteiger partial charge >= 0.3 is 19.2 Å². The highest BCUT2D eigenvalue weighted by molar-refractivity contribution is 6.62. The van der Waals surface area contributed by atoms with Gasteiger partial charge in [0.05, 0.1) is 16.7 Å². The minimum atomic E-state index is -0.727. The lowest BCUT2D eigenvalue weighted by Gasteiger charge is -2.32. The second kappa shape index (κ2) is 8.50. The second-order valence-electron chi connectivity index (χ2n) is 11.4. The number of benzene rings is 1. The lowest BCUT2D eigenvalue weighted by atomic mass is 9.78. The zero-order valence-electron chi connectivity index (χ0n) is 21.7. The number of hydrogen-bond donors (Lipinski definition) is 1. The smallest absolute Gasteiger partial charge is 0.454 e. The SMILES string of the molecule is CC(C)(C)OC(=O)Nc1nc(C(=O)OC(C)(C)C)nc2ccc(B3OC(C)(C)C(C)(C)O3)cc12. The molecule has 0 radical (unpaired) electrons. The van der Waals surface area contributed by atoms with E-state index in [9.17, 15) is 9.59 Å². The van der Waals surface area contributed by atoms with Gasteiger partial charge in [0.25, 0.3) is 0 Å². The van der Waals surface area contributed by atoms with Crippen molar-refractivity contribution in [1.29, 1.82) is 0 Å². The number of rotatable bonds is 3. The van der Waals surface area contributed by atoms with Crippen LogP contribution in [0.4, 0.5) is 10.6 Å². The molecule has 1 aliphatic heterocycles. The van der Waals surface area contributed by atoms with Crippen molar-refractivity contribution >= 4 is 41.4 Å². The number of anilines is 1. The predicted molar refractivity (Wildman–Crippen MR) is 130 cm³/mol. The summed E-state index contributed by atoms with van der Waals surface area (Å²) in [5, 5.41) is 3.15. The van der Waals surface area contributed by atoms with Crippen molar-refractivity contribution < 1.29 is 28.4 Å². The topological polar surface area (TPSA) is 109 Å². The Morgan fingerprint density at radius 3 is 2.00 bits per heavy atom. The lowest BCUT2D eigenvalue weighted by molar-refractivity contribution is 0.00557. The molecule has 2 aromatic rings. The van der Waals surface area contributed by atoms with Crippen LogP contribution in [0.15, 0.2) is 18.2 Å². The monoisotopic (exact) mass is 471 g/mol. The van der Waals surface area contributed by atoms with Crippen molar-refractivity contribution in [3.05, 3.63) is 24.0 Å². The third kappa shape index (κ3) is 5.85. The zero-order chi connectivity index (χ0) is 25.7. The average Bonchev–Trinajstić information content (AvgIpc) is 2.85. The van der Waals surface area contributed by atoms with E-state index < -0.39 is 41.6 Å². The quantitative estimate of drug-likeness (QED) is 0.523. The van der Waals surface area contributed by atoms with Gasteiger partial charge in [0.1, 0.15) is 17.0 Å². The standard InChI is InChI=1S/C24H34BN3O6/c1-21(2,3)31-19(29)18-26-16-12-11-14(25-33-23(7,8)24(9,10)34-25)13-15(16)17(27-18)28-20(30)32-22(4,5)6/h11-13H,1-10H3,(H,26,27,28,30). The summed E-state index contributed by atoms with van der Waals surface area (Å²) < 4.78 is 23.1. The summed E-state index contributed by atoms with van der Waals surface area (Å²) in [5.41, 5.74) is -1.29. The fraction of sp³-hybridized carbons (Fsp3) is 0.583. The fourth-order valence-corrected chi connectivity index (χ4v) is 3.18. The molecule has 0 saturated carbocycles.